The summed E-state index contributed by atoms with van der Waals surface area (Å²) in [4.78, 5) is 4.42. The molecule has 0 aliphatic heterocycles. The van der Waals surface area contributed by atoms with Crippen molar-refractivity contribution in [2.75, 3.05) is 0 Å². The molecule has 118 valence electrons. The maximum absolute atomic E-state index is 5.84. The second-order valence-electron chi connectivity index (χ2n) is 4.69. The molecular weight excluding hydrogens is 398 g/mol. The number of ether oxygens (including phenoxy) is 1. The Morgan fingerprint density at radius 2 is 1.91 bits per heavy atom. The minimum absolute atomic E-state index is 0.338. The van der Waals surface area contributed by atoms with Crippen LogP contribution < -0.4 is 4.74 Å². The van der Waals surface area contributed by atoms with E-state index in [0.717, 1.165) is 16.0 Å². The van der Waals surface area contributed by atoms with Crippen LogP contribution in [0.4, 0.5) is 0 Å². The highest BCUT2D eigenvalue weighted by molar-refractivity contribution is 9.10. The van der Waals surface area contributed by atoms with Crippen LogP contribution in [-0.2, 0) is 12.4 Å². The molecule has 0 amide bonds. The number of nitrogens with one attached hydrogen (secondary N) is 1. The maximum atomic E-state index is 5.84. The van der Waals surface area contributed by atoms with Crippen LogP contribution in [0.25, 0.3) is 0 Å². The second kappa shape index (κ2) is 7.86. The van der Waals surface area contributed by atoms with Gasteiger partial charge in [0.15, 0.2) is 5.82 Å². The first-order chi connectivity index (χ1) is 11.2. The van der Waals surface area contributed by atoms with Crippen LogP contribution in [0.2, 0.25) is 5.02 Å². The Hall–Kier alpha value is -1.50. The van der Waals surface area contributed by atoms with Crippen LogP contribution in [0.1, 0.15) is 11.4 Å². The number of benzene rings is 2. The third-order valence-electron chi connectivity index (χ3n) is 3.02. The highest BCUT2D eigenvalue weighted by Gasteiger charge is 2.06. The summed E-state index contributed by atoms with van der Waals surface area (Å²) in [7, 11) is 0. The summed E-state index contributed by atoms with van der Waals surface area (Å²) in [5.41, 5.74) is 1.21. The van der Waals surface area contributed by atoms with Crippen molar-refractivity contribution in [3.8, 4) is 5.75 Å². The van der Waals surface area contributed by atoms with Gasteiger partial charge in [0, 0.05) is 15.2 Å². The highest BCUT2D eigenvalue weighted by atomic mass is 79.9. The van der Waals surface area contributed by atoms with Gasteiger partial charge in [-0.25, -0.2) is 4.98 Å². The largest absolute Gasteiger partial charge is 0.486 e. The molecule has 0 radical (unpaired) electrons. The van der Waals surface area contributed by atoms with Gasteiger partial charge in [-0.3, -0.25) is 5.10 Å². The fourth-order valence-electron chi connectivity index (χ4n) is 1.85. The van der Waals surface area contributed by atoms with E-state index in [2.05, 4.69) is 37.2 Å². The zero-order valence-corrected chi connectivity index (χ0v) is 15.2. The van der Waals surface area contributed by atoms with Crippen LogP contribution >= 0.6 is 39.3 Å². The minimum atomic E-state index is 0.338. The number of aromatic amines is 1. The first-order valence-electron chi connectivity index (χ1n) is 6.86. The number of hydrogen-bond acceptors (Lipinski definition) is 4. The van der Waals surface area contributed by atoms with Gasteiger partial charge >= 0.3 is 0 Å². The van der Waals surface area contributed by atoms with E-state index in [4.69, 9.17) is 16.3 Å². The number of nitrogens with zero attached hydrogens (tertiary/aromatic N) is 2. The molecule has 0 atom stereocenters. The first kappa shape index (κ1) is 16.4. The van der Waals surface area contributed by atoms with Crippen molar-refractivity contribution in [1.82, 2.24) is 15.2 Å². The van der Waals surface area contributed by atoms with Gasteiger partial charge in [0.05, 0.1) is 0 Å². The average Bonchev–Trinajstić information content (AvgIpc) is 3.02. The molecule has 0 saturated carbocycles. The second-order valence-corrected chi connectivity index (χ2v) is 6.92. The number of H-pyrrole nitrogens is 1. The lowest BCUT2D eigenvalue weighted by Crippen LogP contribution is -1.97. The molecule has 1 N–H and O–H groups in total. The third kappa shape index (κ3) is 4.73. The Kier molecular flexibility index (Phi) is 5.59. The lowest BCUT2D eigenvalue weighted by molar-refractivity contribution is 0.296. The molecule has 7 heteroatoms. The van der Waals surface area contributed by atoms with E-state index in [9.17, 15) is 0 Å². The Morgan fingerprint density at radius 1 is 1.13 bits per heavy atom. The molecule has 23 heavy (non-hydrogen) atoms. The summed E-state index contributed by atoms with van der Waals surface area (Å²) >= 11 is 11.0. The molecule has 0 aliphatic rings. The van der Waals surface area contributed by atoms with Crippen molar-refractivity contribution >= 4 is 39.3 Å². The first-order valence-corrected chi connectivity index (χ1v) is 9.02. The summed E-state index contributed by atoms with van der Waals surface area (Å²) in [6.45, 7) is 0.338. The predicted octanol–water partition coefficient (Wildman–Crippen LogP) is 5.09. The van der Waals surface area contributed by atoms with Crippen LogP contribution in [0.5, 0.6) is 5.75 Å². The number of hydrogen-bond donors (Lipinski definition) is 1. The molecule has 0 saturated heterocycles. The molecule has 1 aromatic heterocycles. The summed E-state index contributed by atoms with van der Waals surface area (Å²) < 4.78 is 6.73. The van der Waals surface area contributed by atoms with Crippen molar-refractivity contribution in [3.05, 3.63) is 69.4 Å². The van der Waals surface area contributed by atoms with Crippen molar-refractivity contribution < 1.29 is 4.74 Å². The van der Waals surface area contributed by atoms with Gasteiger partial charge in [-0.2, -0.15) is 0 Å². The Morgan fingerprint density at radius 3 is 2.70 bits per heavy atom. The molecule has 3 rings (SSSR count). The van der Waals surface area contributed by atoms with E-state index in [1.54, 1.807) is 23.9 Å². The zero-order chi connectivity index (χ0) is 16.1. The van der Waals surface area contributed by atoms with Gasteiger partial charge < -0.3 is 4.74 Å². The molecule has 2 aromatic carbocycles. The van der Waals surface area contributed by atoms with Gasteiger partial charge in [-0.1, -0.05) is 57.5 Å². The van der Waals surface area contributed by atoms with Crippen LogP contribution in [0.3, 0.4) is 0 Å². The van der Waals surface area contributed by atoms with Gasteiger partial charge in [-0.05, 0) is 35.9 Å². The molecule has 0 spiro atoms. The smallest absolute Gasteiger partial charge is 0.208 e. The Bertz CT molecular complexity index is 779. The summed E-state index contributed by atoms with van der Waals surface area (Å²) in [6.07, 6.45) is 0. The van der Waals surface area contributed by atoms with Gasteiger partial charge in [0.25, 0.3) is 0 Å². The van der Waals surface area contributed by atoms with E-state index >= 15 is 0 Å². The number of thioether (sulfide) groups is 1. The molecule has 0 fully saturated rings. The van der Waals surface area contributed by atoms with Crippen LogP contribution in [-0.4, -0.2) is 15.2 Å². The van der Waals surface area contributed by atoms with Crippen molar-refractivity contribution in [3.63, 3.8) is 0 Å². The van der Waals surface area contributed by atoms with E-state index in [-0.39, 0.29) is 0 Å². The van der Waals surface area contributed by atoms with E-state index in [1.807, 2.05) is 30.3 Å². The molecule has 0 bridgehead atoms. The average molecular weight is 411 g/mol. The van der Waals surface area contributed by atoms with Gasteiger partial charge in [0.1, 0.15) is 12.4 Å². The number of aromatic nitrogens is 3. The monoisotopic (exact) mass is 409 g/mol. The zero-order valence-electron chi connectivity index (χ0n) is 12.0. The fourth-order valence-corrected chi connectivity index (χ4v) is 3.40. The summed E-state index contributed by atoms with van der Waals surface area (Å²) in [5.74, 6) is 2.24. The predicted molar refractivity (Wildman–Crippen MR) is 95.9 cm³/mol. The maximum Gasteiger partial charge on any atom is 0.208 e. The minimum Gasteiger partial charge on any atom is -0.486 e. The lowest BCUT2D eigenvalue weighted by Gasteiger charge is -2.03. The fraction of sp³-hybridized carbons (Fsp3) is 0.125. The molecular formula is C16H13BrClN3OS. The van der Waals surface area contributed by atoms with E-state index < -0.39 is 0 Å². The van der Waals surface area contributed by atoms with Crippen molar-refractivity contribution in [2.45, 2.75) is 17.5 Å². The third-order valence-corrected chi connectivity index (χ3v) is 4.94. The molecule has 0 aliphatic carbocycles. The Labute approximate surface area is 151 Å². The van der Waals surface area contributed by atoms with Crippen molar-refractivity contribution in [2.24, 2.45) is 0 Å². The number of halogens is 2. The van der Waals surface area contributed by atoms with Crippen LogP contribution in [0, 0.1) is 0 Å². The SMILES string of the molecule is Clc1ccc(OCc2nc(SCc3ccccc3Br)n[nH]2)cc1. The molecule has 4 nitrogen and oxygen atoms in total. The van der Waals surface area contributed by atoms with Crippen LogP contribution in [0.15, 0.2) is 58.2 Å². The molecule has 0 unspecified atom stereocenters. The lowest BCUT2D eigenvalue weighted by atomic mass is 10.2. The van der Waals surface area contributed by atoms with Crippen molar-refractivity contribution in [1.29, 1.82) is 0 Å². The van der Waals surface area contributed by atoms with E-state index in [0.29, 0.717) is 22.6 Å². The van der Waals surface area contributed by atoms with E-state index in [1.165, 1.54) is 5.56 Å². The van der Waals surface area contributed by atoms with Gasteiger partial charge in [-0.15, -0.1) is 5.10 Å². The normalized spacial score (nSPS) is 10.7. The topological polar surface area (TPSA) is 50.8 Å². The quantitative estimate of drug-likeness (QED) is 0.575. The molecule has 3 aromatic rings. The summed E-state index contributed by atoms with van der Waals surface area (Å²) in [6, 6.07) is 15.3. The molecule has 1 heterocycles. The Balaban J connectivity index is 1.53. The highest BCUT2D eigenvalue weighted by Crippen LogP contribution is 2.24. The number of rotatable bonds is 6. The summed E-state index contributed by atoms with van der Waals surface area (Å²) in [5, 5.41) is 8.48. The standard InChI is InChI=1S/C16H13BrClN3OS/c17-14-4-2-1-3-11(14)10-23-16-19-15(20-21-16)9-22-13-7-5-12(18)6-8-13/h1-8H,9-10H2,(H,19,20,21). The van der Waals surface area contributed by atoms with Gasteiger partial charge in [0.2, 0.25) is 5.16 Å².